The molecule has 1 aliphatic heterocycles. The molecule has 2 nitrogen and oxygen atoms in total. The van der Waals surface area contributed by atoms with Gasteiger partial charge in [0.1, 0.15) is 6.04 Å². The number of quaternary nitrogens is 2. The van der Waals surface area contributed by atoms with Crippen LogP contribution in [0.4, 0.5) is 0 Å². The predicted octanol–water partition coefficient (Wildman–Crippen LogP) is -1.56. The average molecular weight is 172 g/mol. The lowest BCUT2D eigenvalue weighted by Crippen LogP contribution is -3.20. The lowest BCUT2D eigenvalue weighted by Gasteiger charge is -2.37. The molecular weight excluding hydrogens is 148 g/mol. The van der Waals surface area contributed by atoms with E-state index in [0.717, 1.165) is 18.0 Å². The van der Waals surface area contributed by atoms with E-state index in [1.54, 1.807) is 9.80 Å². The third-order valence-corrected chi connectivity index (χ3v) is 3.52. The quantitative estimate of drug-likeness (QED) is 0.473. The molecular formula is C10H24N2+2. The Labute approximate surface area is 76.5 Å². The highest BCUT2D eigenvalue weighted by molar-refractivity contribution is 4.70. The van der Waals surface area contributed by atoms with Crippen LogP contribution in [0.3, 0.4) is 0 Å². The summed E-state index contributed by atoms with van der Waals surface area (Å²) in [5, 5.41) is 0. The first kappa shape index (κ1) is 10.0. The van der Waals surface area contributed by atoms with E-state index in [1.165, 1.54) is 13.0 Å². The number of piperidine rings is 1. The van der Waals surface area contributed by atoms with Crippen molar-refractivity contribution < 1.29 is 9.80 Å². The first-order chi connectivity index (χ1) is 5.52. The van der Waals surface area contributed by atoms with Gasteiger partial charge in [0.15, 0.2) is 0 Å². The Balaban J connectivity index is 2.55. The Kier molecular flexibility index (Phi) is 3.13. The highest BCUT2D eigenvalue weighted by atomic mass is 15.2. The molecule has 4 atom stereocenters. The Morgan fingerprint density at radius 1 is 1.25 bits per heavy atom. The van der Waals surface area contributed by atoms with Crippen LogP contribution >= 0.6 is 0 Å². The minimum atomic E-state index is 0.848. The van der Waals surface area contributed by atoms with Gasteiger partial charge in [0.25, 0.3) is 0 Å². The molecule has 1 fully saturated rings. The lowest BCUT2D eigenvalue weighted by atomic mass is 9.89. The number of nitrogens with one attached hydrogen (secondary N) is 2. The monoisotopic (exact) mass is 172 g/mol. The number of rotatable bonds is 1. The molecule has 0 aromatic rings. The van der Waals surface area contributed by atoms with Gasteiger partial charge in [-0.2, -0.15) is 0 Å². The Morgan fingerprint density at radius 2 is 1.83 bits per heavy atom. The number of hydrogen-bond donors (Lipinski definition) is 2. The molecule has 72 valence electrons. The highest BCUT2D eigenvalue weighted by Crippen LogP contribution is 2.07. The minimum absolute atomic E-state index is 0.848. The molecule has 2 N–H and O–H groups in total. The van der Waals surface area contributed by atoms with Gasteiger partial charge in [-0.25, -0.2) is 0 Å². The van der Waals surface area contributed by atoms with Crippen LogP contribution in [0.25, 0.3) is 0 Å². The van der Waals surface area contributed by atoms with E-state index in [-0.39, 0.29) is 0 Å². The number of hydrogen-bond acceptors (Lipinski definition) is 0. The molecule has 1 aliphatic rings. The fraction of sp³-hybridized carbons (Fsp3) is 1.00. The zero-order chi connectivity index (χ0) is 9.30. The molecule has 0 radical (unpaired) electrons. The van der Waals surface area contributed by atoms with Gasteiger partial charge in [0, 0.05) is 0 Å². The second kappa shape index (κ2) is 3.75. The molecule has 0 aromatic carbocycles. The fourth-order valence-corrected chi connectivity index (χ4v) is 2.47. The van der Waals surface area contributed by atoms with Crippen LogP contribution in [0.2, 0.25) is 0 Å². The van der Waals surface area contributed by atoms with Gasteiger partial charge in [-0.05, 0) is 6.92 Å². The largest absolute Gasteiger partial charge is 0.337 e. The van der Waals surface area contributed by atoms with Gasteiger partial charge in [0.05, 0.1) is 46.1 Å². The zero-order valence-electron chi connectivity index (χ0n) is 9.15. The molecule has 12 heavy (non-hydrogen) atoms. The van der Waals surface area contributed by atoms with Crippen molar-refractivity contribution in [3.8, 4) is 0 Å². The molecule has 0 bridgehead atoms. The molecule has 0 spiro atoms. The molecule has 0 aliphatic carbocycles. The smallest absolute Gasteiger partial charge is 0.101 e. The van der Waals surface area contributed by atoms with Gasteiger partial charge in [0.2, 0.25) is 0 Å². The number of likely N-dealkylation sites (tertiary alicyclic amines) is 1. The average Bonchev–Trinajstić information content (AvgIpc) is 1.96. The van der Waals surface area contributed by atoms with E-state index in [1.807, 2.05) is 0 Å². The lowest BCUT2D eigenvalue weighted by molar-refractivity contribution is -0.950. The van der Waals surface area contributed by atoms with Crippen molar-refractivity contribution in [2.75, 3.05) is 27.7 Å². The normalized spacial score (nSPS) is 43.5. The standard InChI is InChI=1S/C10H22N2/c1-8-7-12(5)9(2)6-10(8)11(3)4/h8-10H,6-7H2,1-5H3/p+2/t8-,9-,10+/m1/s1. The van der Waals surface area contributed by atoms with E-state index in [2.05, 4.69) is 35.0 Å². The summed E-state index contributed by atoms with van der Waals surface area (Å²) in [6, 6.07) is 1.73. The van der Waals surface area contributed by atoms with E-state index in [0.29, 0.717) is 0 Å². The highest BCUT2D eigenvalue weighted by Gasteiger charge is 2.35. The molecule has 0 amide bonds. The second-order valence-electron chi connectivity index (χ2n) is 4.85. The van der Waals surface area contributed by atoms with Crippen LogP contribution in [-0.2, 0) is 0 Å². The third kappa shape index (κ3) is 1.99. The SMILES string of the molecule is C[C@@H]1C[NH+](C)[C@H](C)C[C@@H]1[NH+](C)C. The van der Waals surface area contributed by atoms with Crippen LogP contribution in [-0.4, -0.2) is 39.8 Å². The van der Waals surface area contributed by atoms with Crippen molar-refractivity contribution in [3.05, 3.63) is 0 Å². The Bertz CT molecular complexity index is 145. The van der Waals surface area contributed by atoms with Gasteiger partial charge in [-0.15, -0.1) is 0 Å². The van der Waals surface area contributed by atoms with Crippen molar-refractivity contribution >= 4 is 0 Å². The summed E-state index contributed by atoms with van der Waals surface area (Å²) in [7, 11) is 6.89. The first-order valence-corrected chi connectivity index (χ1v) is 5.14. The Morgan fingerprint density at radius 3 is 2.33 bits per heavy atom. The molecule has 0 saturated carbocycles. The molecule has 1 saturated heterocycles. The maximum atomic E-state index is 2.40. The van der Waals surface area contributed by atoms with Crippen molar-refractivity contribution in [3.63, 3.8) is 0 Å². The van der Waals surface area contributed by atoms with Gasteiger partial charge in [-0.3, -0.25) is 0 Å². The molecule has 1 unspecified atom stereocenters. The first-order valence-electron chi connectivity index (χ1n) is 5.14. The summed E-state index contributed by atoms with van der Waals surface area (Å²) in [6.07, 6.45) is 1.38. The maximum absolute atomic E-state index is 2.40. The summed E-state index contributed by atoms with van der Waals surface area (Å²) < 4.78 is 0. The van der Waals surface area contributed by atoms with Gasteiger partial charge < -0.3 is 9.80 Å². The van der Waals surface area contributed by atoms with Crippen LogP contribution < -0.4 is 9.80 Å². The summed E-state index contributed by atoms with van der Waals surface area (Å²) in [5.74, 6) is 0.881. The topological polar surface area (TPSA) is 8.88 Å². The van der Waals surface area contributed by atoms with E-state index >= 15 is 0 Å². The van der Waals surface area contributed by atoms with E-state index in [9.17, 15) is 0 Å². The van der Waals surface area contributed by atoms with Crippen LogP contribution in [0.5, 0.6) is 0 Å². The second-order valence-corrected chi connectivity index (χ2v) is 4.85. The molecule has 2 heteroatoms. The summed E-state index contributed by atoms with van der Waals surface area (Å²) in [4.78, 5) is 3.34. The summed E-state index contributed by atoms with van der Waals surface area (Å²) in [6.45, 7) is 6.11. The predicted molar refractivity (Wildman–Crippen MR) is 51.6 cm³/mol. The van der Waals surface area contributed by atoms with Gasteiger partial charge in [-0.1, -0.05) is 6.92 Å². The summed E-state index contributed by atoms with van der Waals surface area (Å²) >= 11 is 0. The van der Waals surface area contributed by atoms with E-state index in [4.69, 9.17) is 0 Å². The van der Waals surface area contributed by atoms with E-state index < -0.39 is 0 Å². The van der Waals surface area contributed by atoms with Crippen molar-refractivity contribution in [1.82, 2.24) is 0 Å². The molecule has 1 rings (SSSR count). The van der Waals surface area contributed by atoms with Crippen LogP contribution in [0.15, 0.2) is 0 Å². The maximum Gasteiger partial charge on any atom is 0.101 e. The van der Waals surface area contributed by atoms with Crippen molar-refractivity contribution in [1.29, 1.82) is 0 Å². The third-order valence-electron chi connectivity index (χ3n) is 3.52. The minimum Gasteiger partial charge on any atom is -0.337 e. The zero-order valence-corrected chi connectivity index (χ0v) is 9.15. The van der Waals surface area contributed by atoms with Gasteiger partial charge >= 0.3 is 0 Å². The van der Waals surface area contributed by atoms with Crippen molar-refractivity contribution in [2.24, 2.45) is 5.92 Å². The molecule has 0 aromatic heterocycles. The van der Waals surface area contributed by atoms with Crippen LogP contribution in [0.1, 0.15) is 20.3 Å². The summed E-state index contributed by atoms with van der Waals surface area (Å²) in [5.41, 5.74) is 0. The Hall–Kier alpha value is -0.0800. The van der Waals surface area contributed by atoms with Crippen molar-refractivity contribution in [2.45, 2.75) is 32.4 Å². The fourth-order valence-electron chi connectivity index (χ4n) is 2.47. The molecule has 1 heterocycles. The van der Waals surface area contributed by atoms with Crippen LogP contribution in [0, 0.1) is 5.92 Å².